The number of nitrogens with one attached hydrogen (secondary N) is 1. The van der Waals surface area contributed by atoms with Gasteiger partial charge in [0.05, 0.1) is 13.1 Å². The fourth-order valence-corrected chi connectivity index (χ4v) is 3.93. The number of carbonyl (C=O) groups excluding carboxylic acids is 2. The number of rotatable bonds is 6. The summed E-state index contributed by atoms with van der Waals surface area (Å²) in [6.07, 6.45) is 4.38. The molecule has 2 rings (SSSR count). The lowest BCUT2D eigenvalue weighted by Crippen LogP contribution is -2.48. The molecular formula is C21H33N3O2. The molecule has 1 fully saturated rings. The first-order valence-corrected chi connectivity index (χ1v) is 9.67. The third-order valence-corrected chi connectivity index (χ3v) is 5.18. The largest absolute Gasteiger partial charge is 0.339 e. The molecule has 1 saturated heterocycles. The van der Waals surface area contributed by atoms with E-state index in [9.17, 15) is 9.59 Å². The van der Waals surface area contributed by atoms with Gasteiger partial charge in [0, 0.05) is 18.3 Å². The highest BCUT2D eigenvalue weighted by molar-refractivity contribution is 5.94. The fourth-order valence-electron chi connectivity index (χ4n) is 3.93. The number of likely N-dealkylation sites (N-methyl/N-ethyl adjacent to an activating group) is 1. The summed E-state index contributed by atoms with van der Waals surface area (Å²) in [7, 11) is 1.83. The van der Waals surface area contributed by atoms with E-state index in [-0.39, 0.29) is 24.9 Å². The normalized spacial score (nSPS) is 17.5. The molecule has 1 aliphatic rings. The molecule has 1 aromatic carbocycles. The number of carbonyl (C=O) groups is 2. The molecule has 1 atom stereocenters. The zero-order valence-corrected chi connectivity index (χ0v) is 16.9. The summed E-state index contributed by atoms with van der Waals surface area (Å²) in [5, 5.41) is 3.00. The van der Waals surface area contributed by atoms with Gasteiger partial charge in [0.2, 0.25) is 11.8 Å². The summed E-state index contributed by atoms with van der Waals surface area (Å²) in [6.45, 7) is 9.54. The molecule has 2 amide bonds. The predicted octanol–water partition coefficient (Wildman–Crippen LogP) is 3.27. The van der Waals surface area contributed by atoms with E-state index < -0.39 is 0 Å². The maximum Gasteiger partial charge on any atom is 0.238 e. The van der Waals surface area contributed by atoms with Crippen molar-refractivity contribution in [1.29, 1.82) is 0 Å². The molecule has 144 valence electrons. The molecule has 1 aliphatic heterocycles. The van der Waals surface area contributed by atoms with Crippen molar-refractivity contribution in [3.63, 3.8) is 0 Å². The van der Waals surface area contributed by atoms with Crippen LogP contribution in [0.3, 0.4) is 0 Å². The maximum atomic E-state index is 12.6. The molecule has 0 unspecified atom stereocenters. The Morgan fingerprint density at radius 1 is 1.15 bits per heavy atom. The first kappa shape index (κ1) is 20.4. The minimum atomic E-state index is -0.0824. The van der Waals surface area contributed by atoms with Crippen molar-refractivity contribution in [3.05, 3.63) is 28.8 Å². The molecular weight excluding hydrogens is 326 g/mol. The minimum Gasteiger partial charge on any atom is -0.339 e. The number of anilines is 1. The monoisotopic (exact) mass is 359 g/mol. The molecule has 0 spiro atoms. The fraction of sp³-hybridized carbons (Fsp3) is 0.619. The summed E-state index contributed by atoms with van der Waals surface area (Å²) in [6, 6.07) is 4.49. The third kappa shape index (κ3) is 5.31. The van der Waals surface area contributed by atoms with Crippen LogP contribution >= 0.6 is 0 Å². The number of hydrogen-bond acceptors (Lipinski definition) is 3. The van der Waals surface area contributed by atoms with Crippen molar-refractivity contribution in [1.82, 2.24) is 9.80 Å². The summed E-state index contributed by atoms with van der Waals surface area (Å²) < 4.78 is 0. The molecule has 1 aromatic rings. The van der Waals surface area contributed by atoms with Crippen molar-refractivity contribution >= 4 is 17.5 Å². The zero-order valence-electron chi connectivity index (χ0n) is 16.9. The van der Waals surface area contributed by atoms with Gasteiger partial charge in [0.15, 0.2) is 0 Å². The number of hydrogen-bond donors (Lipinski definition) is 1. The van der Waals surface area contributed by atoms with E-state index in [1.165, 1.54) is 12.0 Å². The average molecular weight is 360 g/mol. The second-order valence-electron chi connectivity index (χ2n) is 7.64. The Kier molecular flexibility index (Phi) is 7.21. The van der Waals surface area contributed by atoms with Crippen molar-refractivity contribution < 1.29 is 9.59 Å². The van der Waals surface area contributed by atoms with E-state index in [1.54, 1.807) is 4.90 Å². The van der Waals surface area contributed by atoms with E-state index in [0.29, 0.717) is 6.04 Å². The quantitative estimate of drug-likeness (QED) is 0.848. The Balaban J connectivity index is 1.90. The van der Waals surface area contributed by atoms with Crippen LogP contribution in [0.15, 0.2) is 12.1 Å². The zero-order chi connectivity index (χ0) is 19.3. The van der Waals surface area contributed by atoms with E-state index in [1.807, 2.05) is 25.8 Å². The second-order valence-corrected chi connectivity index (χ2v) is 7.64. The lowest BCUT2D eigenvalue weighted by Gasteiger charge is -2.36. The molecule has 0 bridgehead atoms. The van der Waals surface area contributed by atoms with Gasteiger partial charge in [-0.25, -0.2) is 0 Å². The van der Waals surface area contributed by atoms with Crippen molar-refractivity contribution in [2.24, 2.45) is 0 Å². The van der Waals surface area contributed by atoms with Crippen LogP contribution < -0.4 is 5.32 Å². The lowest BCUT2D eigenvalue weighted by atomic mass is 10.00. The number of aryl methyl sites for hydroxylation is 3. The van der Waals surface area contributed by atoms with E-state index in [4.69, 9.17) is 0 Å². The standard InChI is InChI=1S/C21H33N3O2/c1-6-18-9-7-8-10-24(18)20(26)14-23(5)13-19(25)22-21-16(3)11-15(2)12-17(21)4/h11-12,18H,6-10,13-14H2,1-5H3,(H,22,25)/t18-/m0/s1. The Hall–Kier alpha value is -1.88. The first-order chi connectivity index (χ1) is 12.3. The van der Waals surface area contributed by atoms with E-state index in [0.717, 1.165) is 42.6 Å². The van der Waals surface area contributed by atoms with E-state index >= 15 is 0 Å². The van der Waals surface area contributed by atoms with Crippen LogP contribution in [0.25, 0.3) is 0 Å². The van der Waals surface area contributed by atoms with Gasteiger partial charge in [0.1, 0.15) is 0 Å². The van der Waals surface area contributed by atoms with Gasteiger partial charge in [-0.1, -0.05) is 24.6 Å². The van der Waals surface area contributed by atoms with Gasteiger partial charge in [-0.2, -0.15) is 0 Å². The SMILES string of the molecule is CC[C@H]1CCCCN1C(=O)CN(C)CC(=O)Nc1c(C)cc(C)cc1C. The van der Waals surface area contributed by atoms with Crippen LogP contribution in [0, 0.1) is 20.8 Å². The van der Waals surface area contributed by atoms with Crippen LogP contribution in [0.5, 0.6) is 0 Å². The molecule has 5 nitrogen and oxygen atoms in total. The van der Waals surface area contributed by atoms with Crippen molar-refractivity contribution in [3.8, 4) is 0 Å². The molecule has 0 saturated carbocycles. The van der Waals surface area contributed by atoms with Crippen LogP contribution in [0.4, 0.5) is 5.69 Å². The smallest absolute Gasteiger partial charge is 0.238 e. The number of piperidine rings is 1. The molecule has 1 N–H and O–H groups in total. The van der Waals surface area contributed by atoms with Gasteiger partial charge in [-0.3, -0.25) is 14.5 Å². The van der Waals surface area contributed by atoms with Crippen molar-refractivity contribution in [2.75, 3.05) is 32.0 Å². The highest BCUT2D eigenvalue weighted by Gasteiger charge is 2.26. The second kappa shape index (κ2) is 9.17. The Labute approximate surface area is 157 Å². The summed E-state index contributed by atoms with van der Waals surface area (Å²) in [5.74, 6) is 0.0515. The summed E-state index contributed by atoms with van der Waals surface area (Å²) in [4.78, 5) is 28.8. The Morgan fingerprint density at radius 2 is 1.81 bits per heavy atom. The summed E-state index contributed by atoms with van der Waals surface area (Å²) in [5.41, 5.74) is 4.19. The first-order valence-electron chi connectivity index (χ1n) is 9.67. The van der Waals surface area contributed by atoms with Gasteiger partial charge >= 0.3 is 0 Å². The van der Waals surface area contributed by atoms with Crippen LogP contribution in [-0.4, -0.2) is 54.3 Å². The third-order valence-electron chi connectivity index (χ3n) is 5.18. The molecule has 1 heterocycles. The molecule has 26 heavy (non-hydrogen) atoms. The van der Waals surface area contributed by atoms with Gasteiger partial charge in [0.25, 0.3) is 0 Å². The molecule has 0 aliphatic carbocycles. The topological polar surface area (TPSA) is 52.7 Å². The van der Waals surface area contributed by atoms with Gasteiger partial charge < -0.3 is 10.2 Å². The Morgan fingerprint density at radius 3 is 2.42 bits per heavy atom. The highest BCUT2D eigenvalue weighted by atomic mass is 16.2. The lowest BCUT2D eigenvalue weighted by molar-refractivity contribution is -0.136. The summed E-state index contributed by atoms with van der Waals surface area (Å²) >= 11 is 0. The number of benzene rings is 1. The number of nitrogens with zero attached hydrogens (tertiary/aromatic N) is 2. The maximum absolute atomic E-state index is 12.6. The highest BCUT2D eigenvalue weighted by Crippen LogP contribution is 2.22. The minimum absolute atomic E-state index is 0.0824. The van der Waals surface area contributed by atoms with Crippen molar-refractivity contribution in [2.45, 2.75) is 59.4 Å². The molecule has 0 radical (unpaired) electrons. The number of likely N-dealkylation sites (tertiary alicyclic amines) is 1. The van der Waals surface area contributed by atoms with Gasteiger partial charge in [-0.05, 0) is 64.6 Å². The van der Waals surface area contributed by atoms with Crippen LogP contribution in [0.1, 0.15) is 49.3 Å². The van der Waals surface area contributed by atoms with Gasteiger partial charge in [-0.15, -0.1) is 0 Å². The van der Waals surface area contributed by atoms with E-state index in [2.05, 4.69) is 31.3 Å². The molecule has 0 aromatic heterocycles. The number of amides is 2. The molecule has 5 heteroatoms. The average Bonchev–Trinajstić information content (AvgIpc) is 2.57. The Bertz CT molecular complexity index is 634. The van der Waals surface area contributed by atoms with Crippen LogP contribution in [-0.2, 0) is 9.59 Å². The van der Waals surface area contributed by atoms with Crippen LogP contribution in [0.2, 0.25) is 0 Å². The predicted molar refractivity (Wildman–Crippen MR) is 106 cm³/mol.